The zero-order valence-electron chi connectivity index (χ0n) is 14.6. The molecule has 1 aliphatic heterocycles. The van der Waals surface area contributed by atoms with E-state index in [4.69, 9.17) is 4.74 Å². The maximum absolute atomic E-state index is 11.8. The van der Waals surface area contributed by atoms with Gasteiger partial charge in [0, 0.05) is 38.0 Å². The van der Waals surface area contributed by atoms with Crippen LogP contribution in [0.2, 0.25) is 0 Å². The molecule has 5 nitrogen and oxygen atoms in total. The number of aromatic nitrogens is 1. The largest absolute Gasteiger partial charge is 0.503 e. The van der Waals surface area contributed by atoms with Gasteiger partial charge in [-0.15, -0.1) is 0 Å². The van der Waals surface area contributed by atoms with E-state index in [2.05, 4.69) is 11.8 Å². The van der Waals surface area contributed by atoms with Crippen LogP contribution in [-0.4, -0.2) is 40.4 Å². The third-order valence-corrected chi connectivity index (χ3v) is 4.32. The van der Waals surface area contributed by atoms with E-state index in [1.165, 1.54) is 12.8 Å². The van der Waals surface area contributed by atoms with Crippen LogP contribution in [0.5, 0.6) is 5.75 Å². The molecule has 1 unspecified atom stereocenters. The van der Waals surface area contributed by atoms with E-state index < -0.39 is 0 Å². The lowest BCUT2D eigenvalue weighted by Crippen LogP contribution is -2.35. The standard InChI is InChI=1S/C18H30N2O3/c1-14(2)23-9-5-8-20-13-18(22)17(21)10-16(20)12-19-7-4-6-15(3)11-19/h10,13-15,22H,4-9,11-12H2,1-3H3. The molecule has 2 rings (SSSR count). The second-order valence-electron chi connectivity index (χ2n) is 6.96. The average Bonchev–Trinajstić information content (AvgIpc) is 2.48. The fourth-order valence-electron chi connectivity index (χ4n) is 3.16. The van der Waals surface area contributed by atoms with Crippen LogP contribution in [0.15, 0.2) is 17.1 Å². The van der Waals surface area contributed by atoms with Gasteiger partial charge in [0.1, 0.15) is 0 Å². The lowest BCUT2D eigenvalue weighted by Gasteiger charge is -2.31. The predicted molar refractivity (Wildman–Crippen MR) is 91.7 cm³/mol. The lowest BCUT2D eigenvalue weighted by atomic mass is 10.0. The Morgan fingerprint density at radius 1 is 1.43 bits per heavy atom. The van der Waals surface area contributed by atoms with Gasteiger partial charge in [-0.2, -0.15) is 0 Å². The molecule has 2 heterocycles. The molecule has 130 valence electrons. The molecule has 0 aromatic carbocycles. The Kier molecular flexibility index (Phi) is 6.66. The molecule has 23 heavy (non-hydrogen) atoms. The number of ether oxygens (including phenoxy) is 1. The van der Waals surface area contributed by atoms with Gasteiger partial charge in [0.15, 0.2) is 5.75 Å². The molecule has 0 aliphatic carbocycles. The third kappa shape index (κ3) is 5.66. The molecular formula is C18H30N2O3. The van der Waals surface area contributed by atoms with Crippen molar-refractivity contribution in [2.75, 3.05) is 19.7 Å². The van der Waals surface area contributed by atoms with Gasteiger partial charge < -0.3 is 14.4 Å². The van der Waals surface area contributed by atoms with Gasteiger partial charge in [0.2, 0.25) is 5.43 Å². The predicted octanol–water partition coefficient (Wildman–Crippen LogP) is 2.60. The van der Waals surface area contributed by atoms with Crippen molar-refractivity contribution in [1.82, 2.24) is 9.47 Å². The van der Waals surface area contributed by atoms with E-state index in [0.717, 1.165) is 38.3 Å². The summed E-state index contributed by atoms with van der Waals surface area (Å²) in [6.45, 7) is 10.7. The summed E-state index contributed by atoms with van der Waals surface area (Å²) in [6.07, 6.45) is 5.16. The summed E-state index contributed by atoms with van der Waals surface area (Å²) in [5.41, 5.74) is 0.686. The minimum atomic E-state index is -0.292. The summed E-state index contributed by atoms with van der Waals surface area (Å²) in [4.78, 5) is 14.2. The second-order valence-corrected chi connectivity index (χ2v) is 6.96. The molecule has 1 aromatic rings. The molecule has 1 N–H and O–H groups in total. The molecule has 0 amide bonds. The van der Waals surface area contributed by atoms with Crippen molar-refractivity contribution < 1.29 is 9.84 Å². The highest BCUT2D eigenvalue weighted by atomic mass is 16.5. The first-order chi connectivity index (χ1) is 11.0. The fraction of sp³-hybridized carbons (Fsp3) is 0.722. The van der Waals surface area contributed by atoms with E-state index in [1.54, 1.807) is 12.3 Å². The van der Waals surface area contributed by atoms with Crippen molar-refractivity contribution in [3.8, 4) is 5.75 Å². The van der Waals surface area contributed by atoms with Crippen molar-refractivity contribution in [2.24, 2.45) is 5.92 Å². The Morgan fingerprint density at radius 3 is 2.91 bits per heavy atom. The number of nitrogens with zero attached hydrogens (tertiary/aromatic N) is 2. The molecule has 0 bridgehead atoms. The normalized spacial score (nSPS) is 19.4. The SMILES string of the molecule is CC1CCCN(Cc2cc(=O)c(O)cn2CCCOC(C)C)C1. The van der Waals surface area contributed by atoms with Crippen LogP contribution in [0.3, 0.4) is 0 Å². The van der Waals surface area contributed by atoms with E-state index >= 15 is 0 Å². The van der Waals surface area contributed by atoms with Gasteiger partial charge in [-0.1, -0.05) is 6.92 Å². The quantitative estimate of drug-likeness (QED) is 0.784. The molecule has 5 heteroatoms. The lowest BCUT2D eigenvalue weighted by molar-refractivity contribution is 0.0745. The minimum absolute atomic E-state index is 0.175. The van der Waals surface area contributed by atoms with Crippen molar-refractivity contribution in [2.45, 2.75) is 59.2 Å². The van der Waals surface area contributed by atoms with Crippen LogP contribution < -0.4 is 5.43 Å². The van der Waals surface area contributed by atoms with Crippen molar-refractivity contribution in [1.29, 1.82) is 0 Å². The maximum Gasteiger partial charge on any atom is 0.223 e. The van der Waals surface area contributed by atoms with Crippen LogP contribution in [-0.2, 0) is 17.8 Å². The summed E-state index contributed by atoms with van der Waals surface area (Å²) in [7, 11) is 0. The number of likely N-dealkylation sites (tertiary alicyclic amines) is 1. The monoisotopic (exact) mass is 322 g/mol. The summed E-state index contributed by atoms with van der Waals surface area (Å²) in [5, 5.41) is 9.74. The topological polar surface area (TPSA) is 54.7 Å². The highest BCUT2D eigenvalue weighted by Gasteiger charge is 2.18. The highest BCUT2D eigenvalue weighted by molar-refractivity contribution is 5.20. The Hall–Kier alpha value is -1.33. The van der Waals surface area contributed by atoms with Crippen LogP contribution >= 0.6 is 0 Å². The highest BCUT2D eigenvalue weighted by Crippen LogP contribution is 2.18. The van der Waals surface area contributed by atoms with Gasteiger partial charge >= 0.3 is 0 Å². The number of hydrogen-bond donors (Lipinski definition) is 1. The molecule has 1 atom stereocenters. The van der Waals surface area contributed by atoms with Gasteiger partial charge in [-0.25, -0.2) is 0 Å². The Bertz CT molecular complexity index is 554. The zero-order chi connectivity index (χ0) is 16.8. The summed E-state index contributed by atoms with van der Waals surface area (Å²) in [5.74, 6) is 0.533. The summed E-state index contributed by atoms with van der Waals surface area (Å²) < 4.78 is 7.57. The Balaban J connectivity index is 2.04. The van der Waals surface area contributed by atoms with Gasteiger partial charge in [0.05, 0.1) is 12.3 Å². The number of pyridine rings is 1. The number of rotatable bonds is 7. The van der Waals surface area contributed by atoms with E-state index in [9.17, 15) is 9.90 Å². The first-order valence-corrected chi connectivity index (χ1v) is 8.72. The third-order valence-electron chi connectivity index (χ3n) is 4.32. The van der Waals surface area contributed by atoms with Gasteiger partial charge in [-0.05, 0) is 45.6 Å². The first kappa shape index (κ1) is 18.0. The Morgan fingerprint density at radius 2 is 2.22 bits per heavy atom. The number of aromatic hydroxyl groups is 1. The Labute approximate surface area is 138 Å². The van der Waals surface area contributed by atoms with Gasteiger partial charge in [0.25, 0.3) is 0 Å². The molecule has 0 radical (unpaired) electrons. The molecule has 1 aromatic heterocycles. The first-order valence-electron chi connectivity index (χ1n) is 8.72. The van der Waals surface area contributed by atoms with Crippen LogP contribution in [0, 0.1) is 5.92 Å². The van der Waals surface area contributed by atoms with Crippen LogP contribution in [0.4, 0.5) is 0 Å². The van der Waals surface area contributed by atoms with E-state index in [-0.39, 0.29) is 17.3 Å². The zero-order valence-corrected chi connectivity index (χ0v) is 14.6. The van der Waals surface area contributed by atoms with E-state index in [1.807, 2.05) is 18.4 Å². The van der Waals surface area contributed by atoms with Crippen LogP contribution in [0.1, 0.15) is 45.7 Å². The molecule has 0 saturated carbocycles. The average molecular weight is 322 g/mol. The van der Waals surface area contributed by atoms with Crippen molar-refractivity contribution in [3.63, 3.8) is 0 Å². The molecular weight excluding hydrogens is 292 g/mol. The van der Waals surface area contributed by atoms with E-state index in [0.29, 0.717) is 12.5 Å². The fourth-order valence-corrected chi connectivity index (χ4v) is 3.16. The smallest absolute Gasteiger partial charge is 0.223 e. The maximum atomic E-state index is 11.8. The van der Waals surface area contributed by atoms with Crippen LogP contribution in [0.25, 0.3) is 0 Å². The molecule has 0 spiro atoms. The van der Waals surface area contributed by atoms with Gasteiger partial charge in [-0.3, -0.25) is 9.69 Å². The summed E-state index contributed by atoms with van der Waals surface area (Å²) >= 11 is 0. The van der Waals surface area contributed by atoms with Crippen molar-refractivity contribution >= 4 is 0 Å². The summed E-state index contributed by atoms with van der Waals surface area (Å²) in [6, 6.07) is 1.58. The number of piperidine rings is 1. The minimum Gasteiger partial charge on any atom is -0.503 e. The second kappa shape index (κ2) is 8.50. The number of aryl methyl sites for hydroxylation is 1. The molecule has 1 saturated heterocycles. The van der Waals surface area contributed by atoms with Crippen molar-refractivity contribution in [3.05, 3.63) is 28.2 Å². The molecule has 1 aliphatic rings. The molecule has 1 fully saturated rings. The number of hydrogen-bond acceptors (Lipinski definition) is 4.